The minimum atomic E-state index is -0.0492. The van der Waals surface area contributed by atoms with Crippen molar-refractivity contribution in [3.63, 3.8) is 0 Å². The lowest BCUT2D eigenvalue weighted by Crippen LogP contribution is -2.40. The van der Waals surface area contributed by atoms with Crippen LogP contribution in [0.2, 0.25) is 0 Å². The van der Waals surface area contributed by atoms with Gasteiger partial charge >= 0.3 is 0 Å². The first-order chi connectivity index (χ1) is 13.2. The average molecular weight is 369 g/mol. The van der Waals surface area contributed by atoms with Gasteiger partial charge in [-0.1, -0.05) is 18.2 Å². The molecule has 1 aliphatic rings. The van der Waals surface area contributed by atoms with E-state index in [2.05, 4.69) is 29.2 Å². The van der Waals surface area contributed by atoms with Gasteiger partial charge in [-0.15, -0.1) is 0 Å². The van der Waals surface area contributed by atoms with E-state index >= 15 is 0 Å². The number of anilines is 1. The summed E-state index contributed by atoms with van der Waals surface area (Å²) < 4.78 is 5.44. The number of rotatable bonds is 9. The van der Waals surface area contributed by atoms with Crippen molar-refractivity contribution in [3.8, 4) is 12.1 Å². The predicted octanol–water partition coefficient (Wildman–Crippen LogP) is 1.61. The average Bonchev–Trinajstić information content (AvgIpc) is 2.69. The molecule has 144 valence electrons. The molecule has 1 heterocycles. The Morgan fingerprint density at radius 3 is 2.41 bits per heavy atom. The van der Waals surface area contributed by atoms with Gasteiger partial charge in [0.05, 0.1) is 44.7 Å². The van der Waals surface area contributed by atoms with E-state index in [9.17, 15) is 4.79 Å². The summed E-state index contributed by atoms with van der Waals surface area (Å²) in [6.45, 7) is 4.86. The smallest absolute Gasteiger partial charge is 0.236 e. The van der Waals surface area contributed by atoms with E-state index in [1.165, 1.54) is 11.3 Å². The molecule has 2 rings (SSSR count). The van der Waals surface area contributed by atoms with Gasteiger partial charge in [-0.2, -0.15) is 10.5 Å². The molecule has 1 saturated heterocycles. The molecule has 27 heavy (non-hydrogen) atoms. The minimum absolute atomic E-state index is 0.0492. The SMILES string of the molecule is CN(CC(=O)N(CCC#N)CCC#N)Cc1ccccc1N1CCOCC1. The molecule has 0 bridgehead atoms. The quantitative estimate of drug-likeness (QED) is 0.658. The second kappa shape index (κ2) is 11.2. The van der Waals surface area contributed by atoms with Crippen molar-refractivity contribution in [2.45, 2.75) is 19.4 Å². The number of hydrogen-bond donors (Lipinski definition) is 0. The van der Waals surface area contributed by atoms with Crippen LogP contribution in [0.1, 0.15) is 18.4 Å². The van der Waals surface area contributed by atoms with Crippen LogP contribution in [0, 0.1) is 22.7 Å². The molecule has 0 spiro atoms. The monoisotopic (exact) mass is 369 g/mol. The fraction of sp³-hybridized carbons (Fsp3) is 0.550. The van der Waals surface area contributed by atoms with Crippen LogP contribution in [0.15, 0.2) is 24.3 Å². The molecule has 7 heteroatoms. The summed E-state index contributed by atoms with van der Waals surface area (Å²) in [5.74, 6) is -0.0492. The third-order valence-corrected chi connectivity index (χ3v) is 4.53. The van der Waals surface area contributed by atoms with Crippen molar-refractivity contribution in [1.29, 1.82) is 10.5 Å². The lowest BCUT2D eigenvalue weighted by molar-refractivity contribution is -0.132. The first-order valence-electron chi connectivity index (χ1n) is 9.26. The predicted molar refractivity (Wildman–Crippen MR) is 103 cm³/mol. The molecule has 0 radical (unpaired) electrons. The van der Waals surface area contributed by atoms with Crippen LogP contribution in [0.4, 0.5) is 5.69 Å². The molecule has 7 nitrogen and oxygen atoms in total. The number of likely N-dealkylation sites (N-methyl/N-ethyl adjacent to an activating group) is 1. The van der Waals surface area contributed by atoms with E-state index in [-0.39, 0.29) is 25.3 Å². The number of benzene rings is 1. The van der Waals surface area contributed by atoms with Gasteiger partial charge in [0.15, 0.2) is 0 Å². The topological polar surface area (TPSA) is 83.6 Å². The number of ether oxygens (including phenoxy) is 1. The fourth-order valence-electron chi connectivity index (χ4n) is 3.17. The number of amides is 1. The molecular weight excluding hydrogens is 342 g/mol. The second-order valence-electron chi connectivity index (χ2n) is 6.60. The van der Waals surface area contributed by atoms with Crippen LogP contribution >= 0.6 is 0 Å². The molecule has 0 aromatic heterocycles. The number of hydrogen-bond acceptors (Lipinski definition) is 6. The van der Waals surface area contributed by atoms with E-state index in [0.29, 0.717) is 19.6 Å². The van der Waals surface area contributed by atoms with Gasteiger partial charge in [-0.25, -0.2) is 0 Å². The van der Waals surface area contributed by atoms with Crippen molar-refractivity contribution in [2.24, 2.45) is 0 Å². The molecule has 1 aliphatic heterocycles. The number of nitriles is 2. The number of morpholine rings is 1. The Balaban J connectivity index is 1.98. The molecule has 1 aromatic rings. The Morgan fingerprint density at radius 2 is 1.78 bits per heavy atom. The molecule has 1 fully saturated rings. The highest BCUT2D eigenvalue weighted by Gasteiger charge is 2.18. The van der Waals surface area contributed by atoms with E-state index in [4.69, 9.17) is 15.3 Å². The van der Waals surface area contributed by atoms with Gasteiger partial charge in [-0.3, -0.25) is 9.69 Å². The van der Waals surface area contributed by atoms with Crippen molar-refractivity contribution < 1.29 is 9.53 Å². The minimum Gasteiger partial charge on any atom is -0.378 e. The molecule has 1 amide bonds. The van der Waals surface area contributed by atoms with E-state index < -0.39 is 0 Å². The molecule has 0 atom stereocenters. The Morgan fingerprint density at radius 1 is 1.15 bits per heavy atom. The number of nitrogens with zero attached hydrogens (tertiary/aromatic N) is 5. The van der Waals surface area contributed by atoms with Gasteiger partial charge in [0.2, 0.25) is 5.91 Å². The van der Waals surface area contributed by atoms with Crippen molar-refractivity contribution in [1.82, 2.24) is 9.80 Å². The van der Waals surface area contributed by atoms with E-state index in [1.807, 2.05) is 24.1 Å². The molecular formula is C20H27N5O2. The number of carbonyl (C=O) groups excluding carboxylic acids is 1. The van der Waals surface area contributed by atoms with Gasteiger partial charge in [0.25, 0.3) is 0 Å². The van der Waals surface area contributed by atoms with Crippen LogP contribution in [0.3, 0.4) is 0 Å². The van der Waals surface area contributed by atoms with Crippen LogP contribution in [-0.2, 0) is 16.1 Å². The molecule has 0 aliphatic carbocycles. The summed E-state index contributed by atoms with van der Waals surface area (Å²) >= 11 is 0. The third-order valence-electron chi connectivity index (χ3n) is 4.53. The van der Waals surface area contributed by atoms with Crippen LogP contribution in [0.5, 0.6) is 0 Å². The summed E-state index contributed by atoms with van der Waals surface area (Å²) in [6, 6.07) is 12.4. The molecule has 0 unspecified atom stereocenters. The first kappa shape index (κ1) is 20.7. The Bertz CT molecular complexity index is 670. The maximum Gasteiger partial charge on any atom is 0.236 e. The lowest BCUT2D eigenvalue weighted by Gasteiger charge is -2.31. The lowest BCUT2D eigenvalue weighted by atomic mass is 10.1. The standard InChI is InChI=1S/C20H27N5O2/c1-23(17-20(26)25(10-4-8-21)11-5-9-22)16-18-6-2-3-7-19(18)24-12-14-27-15-13-24/h2-3,6-7H,4-5,10-17H2,1H3. The molecule has 0 N–H and O–H groups in total. The van der Waals surface area contributed by atoms with Crippen molar-refractivity contribution in [2.75, 3.05) is 57.9 Å². The number of carbonyl (C=O) groups is 1. The highest BCUT2D eigenvalue weighted by atomic mass is 16.5. The maximum absolute atomic E-state index is 12.6. The molecule has 1 aromatic carbocycles. The van der Waals surface area contributed by atoms with Crippen LogP contribution in [-0.4, -0.2) is 68.7 Å². The summed E-state index contributed by atoms with van der Waals surface area (Å²) in [4.78, 5) is 18.5. The Labute approximate surface area is 161 Å². The summed E-state index contributed by atoms with van der Waals surface area (Å²) in [7, 11) is 1.92. The zero-order chi connectivity index (χ0) is 19.5. The van der Waals surface area contributed by atoms with Crippen LogP contribution in [0.25, 0.3) is 0 Å². The van der Waals surface area contributed by atoms with E-state index in [1.54, 1.807) is 4.90 Å². The van der Waals surface area contributed by atoms with Gasteiger partial charge in [0.1, 0.15) is 0 Å². The van der Waals surface area contributed by atoms with E-state index in [0.717, 1.165) is 26.3 Å². The zero-order valence-corrected chi connectivity index (χ0v) is 15.9. The largest absolute Gasteiger partial charge is 0.378 e. The van der Waals surface area contributed by atoms with Crippen molar-refractivity contribution >= 4 is 11.6 Å². The van der Waals surface area contributed by atoms with Crippen LogP contribution < -0.4 is 4.90 Å². The zero-order valence-electron chi connectivity index (χ0n) is 15.9. The highest BCUT2D eigenvalue weighted by Crippen LogP contribution is 2.22. The van der Waals surface area contributed by atoms with Gasteiger partial charge in [-0.05, 0) is 18.7 Å². The van der Waals surface area contributed by atoms with Crippen molar-refractivity contribution in [3.05, 3.63) is 29.8 Å². The summed E-state index contributed by atoms with van der Waals surface area (Å²) in [5, 5.41) is 17.6. The number of para-hydroxylation sites is 1. The second-order valence-corrected chi connectivity index (χ2v) is 6.60. The summed E-state index contributed by atoms with van der Waals surface area (Å²) in [6.07, 6.45) is 0.557. The van der Waals surface area contributed by atoms with Gasteiger partial charge in [0, 0.05) is 38.4 Å². The first-order valence-corrected chi connectivity index (χ1v) is 9.26. The van der Waals surface area contributed by atoms with Gasteiger partial charge < -0.3 is 14.5 Å². The molecule has 0 saturated carbocycles. The maximum atomic E-state index is 12.6. The normalized spacial score (nSPS) is 13.9. The fourth-order valence-corrected chi connectivity index (χ4v) is 3.17. The highest BCUT2D eigenvalue weighted by molar-refractivity contribution is 5.78. The Hall–Kier alpha value is -2.61. The third kappa shape index (κ3) is 6.56. The summed E-state index contributed by atoms with van der Waals surface area (Å²) in [5.41, 5.74) is 2.36. The Kier molecular flexibility index (Phi) is 8.57.